The Morgan fingerprint density at radius 1 is 1.11 bits per heavy atom. The van der Waals surface area contributed by atoms with Gasteiger partial charge in [-0.1, -0.05) is 17.7 Å². The second-order valence-corrected chi connectivity index (χ2v) is 4.25. The number of imidazole rings is 1. The maximum atomic E-state index is 13.7. The summed E-state index contributed by atoms with van der Waals surface area (Å²) in [5, 5.41) is 0.259. The van der Waals surface area contributed by atoms with Crippen molar-refractivity contribution in [1.82, 2.24) is 9.97 Å². The van der Waals surface area contributed by atoms with Crippen LogP contribution in [0.15, 0.2) is 36.4 Å². The molecular weight excluding hydrogens is 258 g/mol. The van der Waals surface area contributed by atoms with Gasteiger partial charge < -0.3 is 4.98 Å². The average Bonchev–Trinajstić information content (AvgIpc) is 2.71. The van der Waals surface area contributed by atoms with Crippen LogP contribution in [0.1, 0.15) is 0 Å². The summed E-state index contributed by atoms with van der Waals surface area (Å²) >= 11 is 5.95. The molecule has 3 rings (SSSR count). The van der Waals surface area contributed by atoms with E-state index in [4.69, 9.17) is 11.6 Å². The molecule has 90 valence electrons. The summed E-state index contributed by atoms with van der Waals surface area (Å²) in [5.41, 5.74) is 1.26. The summed E-state index contributed by atoms with van der Waals surface area (Å²) in [6.07, 6.45) is 0. The number of aromatic amines is 1. The first-order valence-corrected chi connectivity index (χ1v) is 5.62. The fourth-order valence-corrected chi connectivity index (χ4v) is 2.08. The van der Waals surface area contributed by atoms with Crippen LogP contribution in [0.3, 0.4) is 0 Å². The van der Waals surface area contributed by atoms with Gasteiger partial charge in [-0.05, 0) is 30.3 Å². The molecule has 18 heavy (non-hydrogen) atoms. The predicted molar refractivity (Wildman–Crippen MR) is 66.5 cm³/mol. The van der Waals surface area contributed by atoms with E-state index in [-0.39, 0.29) is 16.4 Å². The second kappa shape index (κ2) is 4.07. The maximum absolute atomic E-state index is 13.7. The van der Waals surface area contributed by atoms with Crippen LogP contribution in [0.25, 0.3) is 22.4 Å². The fraction of sp³-hybridized carbons (Fsp3) is 0. The van der Waals surface area contributed by atoms with Crippen molar-refractivity contribution in [2.45, 2.75) is 0 Å². The van der Waals surface area contributed by atoms with Gasteiger partial charge in [-0.25, -0.2) is 13.8 Å². The van der Waals surface area contributed by atoms with E-state index in [1.165, 1.54) is 30.3 Å². The minimum atomic E-state index is -0.470. The van der Waals surface area contributed by atoms with Gasteiger partial charge in [-0.15, -0.1) is 0 Å². The molecule has 0 bridgehead atoms. The molecular formula is C13H7ClF2N2. The lowest BCUT2D eigenvalue weighted by molar-refractivity contribution is 0.629. The maximum Gasteiger partial charge on any atom is 0.142 e. The van der Waals surface area contributed by atoms with Crippen LogP contribution in [0, 0.1) is 11.6 Å². The number of benzene rings is 2. The molecule has 3 aromatic rings. The zero-order valence-electron chi connectivity index (χ0n) is 9.05. The molecule has 0 saturated carbocycles. The van der Waals surface area contributed by atoms with Crippen molar-refractivity contribution in [1.29, 1.82) is 0 Å². The highest BCUT2D eigenvalue weighted by atomic mass is 35.5. The van der Waals surface area contributed by atoms with Gasteiger partial charge in [0, 0.05) is 0 Å². The molecule has 2 nitrogen and oxygen atoms in total. The number of H-pyrrole nitrogens is 1. The van der Waals surface area contributed by atoms with E-state index in [0.29, 0.717) is 16.9 Å². The van der Waals surface area contributed by atoms with E-state index >= 15 is 0 Å². The Bertz CT molecular complexity index is 717. The highest BCUT2D eigenvalue weighted by Gasteiger charge is 2.13. The number of fused-ring (bicyclic) bond motifs is 1. The fourth-order valence-electron chi connectivity index (χ4n) is 1.82. The minimum Gasteiger partial charge on any atom is -0.338 e. The van der Waals surface area contributed by atoms with Gasteiger partial charge in [-0.2, -0.15) is 0 Å². The second-order valence-electron chi connectivity index (χ2n) is 3.84. The molecule has 1 aromatic heterocycles. The van der Waals surface area contributed by atoms with Crippen LogP contribution in [-0.2, 0) is 0 Å². The monoisotopic (exact) mass is 264 g/mol. The highest BCUT2D eigenvalue weighted by Crippen LogP contribution is 2.29. The third-order valence-electron chi connectivity index (χ3n) is 2.64. The van der Waals surface area contributed by atoms with Gasteiger partial charge in [0.2, 0.25) is 0 Å². The van der Waals surface area contributed by atoms with E-state index < -0.39 is 5.82 Å². The van der Waals surface area contributed by atoms with Crippen LogP contribution >= 0.6 is 11.6 Å². The molecule has 1 N–H and O–H groups in total. The summed E-state index contributed by atoms with van der Waals surface area (Å²) in [6, 6.07) is 8.53. The van der Waals surface area contributed by atoms with Crippen molar-refractivity contribution in [3.8, 4) is 11.4 Å². The molecule has 0 spiro atoms. The van der Waals surface area contributed by atoms with Crippen LogP contribution in [0.5, 0.6) is 0 Å². The molecule has 0 fully saturated rings. The number of aromatic nitrogens is 2. The van der Waals surface area contributed by atoms with Gasteiger partial charge >= 0.3 is 0 Å². The Balaban J connectivity index is 2.26. The van der Waals surface area contributed by atoms with Crippen molar-refractivity contribution < 1.29 is 8.78 Å². The Hall–Kier alpha value is -1.94. The molecule has 0 atom stereocenters. The minimum absolute atomic E-state index is 0.191. The molecule has 0 aliphatic carbocycles. The third-order valence-corrected chi connectivity index (χ3v) is 2.96. The van der Waals surface area contributed by atoms with E-state index in [9.17, 15) is 8.78 Å². The summed E-state index contributed by atoms with van der Waals surface area (Å²) in [4.78, 5) is 7.06. The van der Waals surface area contributed by atoms with Crippen molar-refractivity contribution in [3.05, 3.63) is 53.1 Å². The molecule has 2 aromatic carbocycles. The molecule has 0 unspecified atom stereocenters. The van der Waals surface area contributed by atoms with E-state index in [1.807, 2.05) is 0 Å². The number of nitrogens with one attached hydrogen (secondary N) is 1. The lowest BCUT2D eigenvalue weighted by atomic mass is 10.2. The van der Waals surface area contributed by atoms with Crippen molar-refractivity contribution in [2.24, 2.45) is 0 Å². The quantitative estimate of drug-likeness (QED) is 0.702. The van der Waals surface area contributed by atoms with E-state index in [2.05, 4.69) is 9.97 Å². The Labute approximate surface area is 106 Å². The smallest absolute Gasteiger partial charge is 0.142 e. The summed E-state index contributed by atoms with van der Waals surface area (Å²) < 4.78 is 26.8. The van der Waals surface area contributed by atoms with Gasteiger partial charge in [0.1, 0.15) is 17.5 Å². The number of halogens is 3. The number of nitrogens with zero attached hydrogens (tertiary/aromatic N) is 1. The molecule has 5 heteroatoms. The highest BCUT2D eigenvalue weighted by molar-refractivity contribution is 6.33. The number of rotatable bonds is 1. The lowest BCUT2D eigenvalue weighted by Gasteiger charge is -2.01. The first kappa shape index (κ1) is 11.2. The Kier molecular flexibility index (Phi) is 2.52. The number of hydrogen-bond acceptors (Lipinski definition) is 1. The van der Waals surface area contributed by atoms with Crippen molar-refractivity contribution in [3.63, 3.8) is 0 Å². The summed E-state index contributed by atoms with van der Waals surface area (Å²) in [5.74, 6) is -0.557. The average molecular weight is 265 g/mol. The van der Waals surface area contributed by atoms with Gasteiger partial charge in [0.15, 0.2) is 0 Å². The normalized spacial score (nSPS) is 11.1. The molecule has 0 saturated heterocycles. The van der Waals surface area contributed by atoms with Crippen LogP contribution < -0.4 is 0 Å². The predicted octanol–water partition coefficient (Wildman–Crippen LogP) is 4.16. The van der Waals surface area contributed by atoms with Gasteiger partial charge in [-0.3, -0.25) is 0 Å². The lowest BCUT2D eigenvalue weighted by Crippen LogP contribution is -1.87. The van der Waals surface area contributed by atoms with Crippen LogP contribution in [0.2, 0.25) is 5.02 Å². The van der Waals surface area contributed by atoms with E-state index in [1.54, 1.807) is 6.07 Å². The van der Waals surface area contributed by atoms with Crippen molar-refractivity contribution >= 4 is 22.6 Å². The molecule has 0 amide bonds. The topological polar surface area (TPSA) is 28.7 Å². The Morgan fingerprint density at radius 3 is 2.72 bits per heavy atom. The van der Waals surface area contributed by atoms with Crippen LogP contribution in [0.4, 0.5) is 8.78 Å². The standard InChI is InChI=1S/C13H7ClF2N2/c14-8-2-1-3-9(16)12(8)13-17-10-5-4-7(15)6-11(10)18-13/h1-6H,(H,17,18). The molecule has 0 aliphatic heterocycles. The molecule has 1 heterocycles. The summed E-state index contributed by atoms with van der Waals surface area (Å²) in [7, 11) is 0. The third kappa shape index (κ3) is 1.75. The van der Waals surface area contributed by atoms with E-state index in [0.717, 1.165) is 0 Å². The van der Waals surface area contributed by atoms with Gasteiger partial charge in [0.05, 0.1) is 21.6 Å². The molecule has 0 radical (unpaired) electrons. The molecule has 0 aliphatic rings. The first-order chi connectivity index (χ1) is 8.65. The zero-order chi connectivity index (χ0) is 12.7. The SMILES string of the molecule is Fc1ccc2nc(-c3c(F)cccc3Cl)[nH]c2c1. The van der Waals surface area contributed by atoms with Crippen LogP contribution in [-0.4, -0.2) is 9.97 Å². The summed E-state index contributed by atoms with van der Waals surface area (Å²) in [6.45, 7) is 0. The largest absolute Gasteiger partial charge is 0.338 e. The van der Waals surface area contributed by atoms with Crippen molar-refractivity contribution in [2.75, 3.05) is 0 Å². The number of hydrogen-bond donors (Lipinski definition) is 1. The first-order valence-electron chi connectivity index (χ1n) is 5.25. The zero-order valence-corrected chi connectivity index (χ0v) is 9.80. The van der Waals surface area contributed by atoms with Gasteiger partial charge in [0.25, 0.3) is 0 Å². The Morgan fingerprint density at radius 2 is 1.94 bits per heavy atom.